The van der Waals surface area contributed by atoms with Gasteiger partial charge in [-0.1, -0.05) is 30.5 Å². The van der Waals surface area contributed by atoms with Gasteiger partial charge in [-0.3, -0.25) is 4.79 Å². The van der Waals surface area contributed by atoms with Crippen LogP contribution in [0.15, 0.2) is 23.3 Å². The van der Waals surface area contributed by atoms with Crippen LogP contribution < -0.4 is 5.01 Å². The number of anilines is 1. The average Bonchev–Trinajstić information content (AvgIpc) is 3.01. The van der Waals surface area contributed by atoms with Gasteiger partial charge in [0.15, 0.2) is 0 Å². The van der Waals surface area contributed by atoms with Crippen LogP contribution in [0.1, 0.15) is 37.7 Å². The maximum Gasteiger partial charge on any atom is 0.253 e. The number of rotatable bonds is 2. The van der Waals surface area contributed by atoms with E-state index in [-0.39, 0.29) is 5.91 Å². The molecule has 100 valence electrons. The first-order chi connectivity index (χ1) is 9.15. The number of hydrogen-bond donors (Lipinski definition) is 0. The van der Waals surface area contributed by atoms with Crippen LogP contribution in [0.25, 0.3) is 0 Å². The Kier molecular flexibility index (Phi) is 3.31. The van der Waals surface area contributed by atoms with E-state index in [1.54, 1.807) is 0 Å². The van der Waals surface area contributed by atoms with Crippen LogP contribution in [0.2, 0.25) is 5.02 Å². The van der Waals surface area contributed by atoms with E-state index in [1.165, 1.54) is 30.7 Å². The van der Waals surface area contributed by atoms with E-state index < -0.39 is 0 Å². The van der Waals surface area contributed by atoms with Crippen LogP contribution >= 0.6 is 11.6 Å². The van der Waals surface area contributed by atoms with Gasteiger partial charge in [0.1, 0.15) is 0 Å². The van der Waals surface area contributed by atoms with Crippen molar-refractivity contribution in [1.29, 1.82) is 0 Å². The topological polar surface area (TPSA) is 32.7 Å². The molecule has 1 aromatic carbocycles. The van der Waals surface area contributed by atoms with Crippen molar-refractivity contribution in [3.05, 3.63) is 28.8 Å². The molecule has 0 radical (unpaired) electrons. The summed E-state index contributed by atoms with van der Waals surface area (Å²) in [7, 11) is 0. The van der Waals surface area contributed by atoms with Crippen LogP contribution in [-0.2, 0) is 4.79 Å². The Morgan fingerprint density at radius 2 is 2.05 bits per heavy atom. The Balaban J connectivity index is 1.87. The highest BCUT2D eigenvalue weighted by molar-refractivity contribution is 6.31. The summed E-state index contributed by atoms with van der Waals surface area (Å²) >= 11 is 6.12. The lowest BCUT2D eigenvalue weighted by molar-refractivity contribution is -0.116. The van der Waals surface area contributed by atoms with Crippen LogP contribution in [0.5, 0.6) is 0 Å². The van der Waals surface area contributed by atoms with Crippen molar-refractivity contribution in [3.8, 4) is 0 Å². The number of hydrogen-bond acceptors (Lipinski definition) is 2. The van der Waals surface area contributed by atoms with Crippen molar-refractivity contribution in [3.63, 3.8) is 0 Å². The smallest absolute Gasteiger partial charge is 0.253 e. The Morgan fingerprint density at radius 1 is 1.32 bits per heavy atom. The van der Waals surface area contributed by atoms with Gasteiger partial charge >= 0.3 is 0 Å². The molecule has 0 spiro atoms. The van der Waals surface area contributed by atoms with E-state index >= 15 is 0 Å². The minimum absolute atomic E-state index is 0.0572. The lowest BCUT2D eigenvalue weighted by atomic mass is 10.00. The van der Waals surface area contributed by atoms with Gasteiger partial charge in [0.2, 0.25) is 0 Å². The highest BCUT2D eigenvalue weighted by Gasteiger charge is 2.31. The summed E-state index contributed by atoms with van der Waals surface area (Å²) in [5, 5.41) is 6.72. The number of carbonyl (C=O) groups is 1. The van der Waals surface area contributed by atoms with Gasteiger partial charge in [0.05, 0.1) is 17.8 Å². The van der Waals surface area contributed by atoms with E-state index in [4.69, 9.17) is 11.6 Å². The molecule has 1 heterocycles. The fraction of sp³-hybridized carbons (Fsp3) is 0.467. The summed E-state index contributed by atoms with van der Waals surface area (Å²) in [6.07, 6.45) is 5.34. The minimum atomic E-state index is 0.0572. The molecule has 3 nitrogen and oxygen atoms in total. The summed E-state index contributed by atoms with van der Waals surface area (Å²) in [6, 6.07) is 5.64. The molecule has 1 aliphatic carbocycles. The lowest BCUT2D eigenvalue weighted by Gasteiger charge is -2.12. The quantitative estimate of drug-likeness (QED) is 0.805. The van der Waals surface area contributed by atoms with E-state index in [0.717, 1.165) is 17.0 Å². The standard InChI is InChI=1S/C15H17ClN2O/c1-10-6-7-12(8-13(10)16)18-15(19)9-14(17-18)11-4-2-3-5-11/h6-8,11H,2-5,9H2,1H3. The summed E-state index contributed by atoms with van der Waals surface area (Å²) in [4.78, 5) is 12.1. The Hall–Kier alpha value is -1.35. The molecule has 19 heavy (non-hydrogen) atoms. The number of amides is 1. The Bertz CT molecular complexity index is 547. The summed E-state index contributed by atoms with van der Waals surface area (Å²) in [5.74, 6) is 0.566. The zero-order chi connectivity index (χ0) is 13.4. The predicted molar refractivity (Wildman–Crippen MR) is 77.7 cm³/mol. The number of halogens is 1. The second-order valence-electron chi connectivity index (χ2n) is 5.39. The van der Waals surface area contributed by atoms with Crippen LogP contribution in [-0.4, -0.2) is 11.6 Å². The Morgan fingerprint density at radius 3 is 2.74 bits per heavy atom. The van der Waals surface area contributed by atoms with E-state index in [9.17, 15) is 4.79 Å². The molecule has 0 bridgehead atoms. The molecule has 3 rings (SSSR count). The van der Waals surface area contributed by atoms with E-state index in [0.29, 0.717) is 17.4 Å². The predicted octanol–water partition coefficient (Wildman–Crippen LogP) is 3.93. The van der Waals surface area contributed by atoms with Crippen molar-refractivity contribution < 1.29 is 4.79 Å². The van der Waals surface area contributed by atoms with Crippen molar-refractivity contribution in [2.75, 3.05) is 5.01 Å². The summed E-state index contributed by atoms with van der Waals surface area (Å²) in [6.45, 7) is 1.95. The zero-order valence-electron chi connectivity index (χ0n) is 11.0. The SMILES string of the molecule is Cc1ccc(N2N=C(C3CCCC3)CC2=O)cc1Cl. The monoisotopic (exact) mass is 276 g/mol. The van der Waals surface area contributed by atoms with Crippen molar-refractivity contribution in [2.45, 2.75) is 39.0 Å². The summed E-state index contributed by atoms with van der Waals surface area (Å²) in [5.41, 5.74) is 2.84. The van der Waals surface area contributed by atoms with Crippen molar-refractivity contribution in [1.82, 2.24) is 0 Å². The maximum atomic E-state index is 12.1. The molecule has 1 fully saturated rings. The lowest BCUT2D eigenvalue weighted by Crippen LogP contribution is -2.19. The normalized spacial score (nSPS) is 20.2. The third-order valence-electron chi connectivity index (χ3n) is 4.02. The average molecular weight is 277 g/mol. The van der Waals surface area contributed by atoms with E-state index in [2.05, 4.69) is 5.10 Å². The van der Waals surface area contributed by atoms with Gasteiger partial charge in [0.25, 0.3) is 5.91 Å². The van der Waals surface area contributed by atoms with Gasteiger partial charge in [-0.25, -0.2) is 5.01 Å². The van der Waals surface area contributed by atoms with Crippen LogP contribution in [0.3, 0.4) is 0 Å². The first-order valence-corrected chi connectivity index (χ1v) is 7.19. The molecule has 0 atom stereocenters. The van der Waals surface area contributed by atoms with Gasteiger partial charge in [-0.15, -0.1) is 0 Å². The third kappa shape index (κ3) is 2.39. The van der Waals surface area contributed by atoms with Gasteiger partial charge in [0, 0.05) is 5.02 Å². The molecule has 1 aliphatic heterocycles. The second-order valence-corrected chi connectivity index (χ2v) is 5.80. The number of hydrazone groups is 1. The van der Waals surface area contributed by atoms with Gasteiger partial charge < -0.3 is 0 Å². The fourth-order valence-corrected chi connectivity index (χ4v) is 3.02. The zero-order valence-corrected chi connectivity index (χ0v) is 11.8. The third-order valence-corrected chi connectivity index (χ3v) is 4.43. The number of benzene rings is 1. The molecule has 2 aliphatic rings. The first-order valence-electron chi connectivity index (χ1n) is 6.81. The first kappa shape index (κ1) is 12.7. The van der Waals surface area contributed by atoms with Crippen LogP contribution in [0, 0.1) is 12.8 Å². The highest BCUT2D eigenvalue weighted by Crippen LogP contribution is 2.32. The van der Waals surface area contributed by atoms with E-state index in [1.807, 2.05) is 25.1 Å². The molecule has 0 saturated heterocycles. The van der Waals surface area contributed by atoms with Gasteiger partial charge in [-0.05, 0) is 43.4 Å². The second kappa shape index (κ2) is 4.97. The number of carbonyl (C=O) groups excluding carboxylic acids is 1. The molecular formula is C15H17ClN2O. The fourth-order valence-electron chi connectivity index (χ4n) is 2.85. The molecule has 1 amide bonds. The van der Waals surface area contributed by atoms with Crippen molar-refractivity contribution in [2.24, 2.45) is 11.0 Å². The number of nitrogens with zero attached hydrogens (tertiary/aromatic N) is 2. The van der Waals surface area contributed by atoms with Crippen LogP contribution in [0.4, 0.5) is 5.69 Å². The molecule has 0 unspecified atom stereocenters. The largest absolute Gasteiger partial charge is 0.272 e. The molecule has 1 aromatic rings. The Labute approximate surface area is 118 Å². The minimum Gasteiger partial charge on any atom is -0.272 e. The van der Waals surface area contributed by atoms with Crippen molar-refractivity contribution >= 4 is 28.9 Å². The molecular weight excluding hydrogens is 260 g/mol. The summed E-state index contributed by atoms with van der Waals surface area (Å²) < 4.78 is 0. The molecule has 1 saturated carbocycles. The maximum absolute atomic E-state index is 12.1. The number of aryl methyl sites for hydroxylation is 1. The molecule has 4 heteroatoms. The van der Waals surface area contributed by atoms with Gasteiger partial charge in [-0.2, -0.15) is 5.10 Å². The highest BCUT2D eigenvalue weighted by atomic mass is 35.5. The molecule has 0 N–H and O–H groups in total. The molecule has 0 aromatic heterocycles.